The molecule has 100 valence electrons. The van der Waals surface area contributed by atoms with E-state index >= 15 is 0 Å². The van der Waals surface area contributed by atoms with E-state index in [0.717, 1.165) is 0 Å². The summed E-state index contributed by atoms with van der Waals surface area (Å²) in [6, 6.07) is 6.92. The van der Waals surface area contributed by atoms with Crippen LogP contribution in [-0.2, 0) is 18.4 Å². The van der Waals surface area contributed by atoms with Crippen molar-refractivity contribution >= 4 is 10.9 Å². The van der Waals surface area contributed by atoms with Crippen LogP contribution in [0.1, 0.15) is 51.2 Å². The van der Waals surface area contributed by atoms with Crippen LogP contribution in [0.25, 0.3) is 10.9 Å². The molecule has 4 rings (SSSR count). The summed E-state index contributed by atoms with van der Waals surface area (Å²) in [4.78, 5) is 0. The molecule has 2 heterocycles. The summed E-state index contributed by atoms with van der Waals surface area (Å²) in [7, 11) is 0. The Kier molecular flexibility index (Phi) is 2.10. The Morgan fingerprint density at radius 2 is 1.95 bits per heavy atom. The molecule has 19 heavy (non-hydrogen) atoms. The Balaban J connectivity index is 1.97. The monoisotopic (exact) mass is 253 g/mol. The molecule has 0 bridgehead atoms. The smallest absolute Gasteiger partial charge is 0.0516 e. The van der Waals surface area contributed by atoms with Crippen LogP contribution in [0, 0.1) is 5.41 Å². The summed E-state index contributed by atoms with van der Waals surface area (Å²) in [6.07, 6.45) is 8.02. The van der Waals surface area contributed by atoms with Gasteiger partial charge >= 0.3 is 0 Å². The first-order chi connectivity index (χ1) is 8.99. The van der Waals surface area contributed by atoms with Gasteiger partial charge in [0.05, 0.1) is 5.52 Å². The SMILES string of the molecule is CC(C)(C)c1cn2c3c(cccc13)CC1(CCC1)C2. The maximum atomic E-state index is 2.56. The Morgan fingerprint density at radius 1 is 1.16 bits per heavy atom. The van der Waals surface area contributed by atoms with Crippen LogP contribution in [0.4, 0.5) is 0 Å². The zero-order valence-electron chi connectivity index (χ0n) is 12.3. The van der Waals surface area contributed by atoms with E-state index in [9.17, 15) is 0 Å². The molecule has 1 spiro atoms. The molecular formula is C18H23N. The Hall–Kier alpha value is -1.24. The third-order valence-corrected chi connectivity index (χ3v) is 5.28. The summed E-state index contributed by atoms with van der Waals surface area (Å²) in [5, 5.41) is 1.49. The van der Waals surface area contributed by atoms with Gasteiger partial charge in [0.15, 0.2) is 0 Å². The van der Waals surface area contributed by atoms with Gasteiger partial charge in [-0.3, -0.25) is 0 Å². The van der Waals surface area contributed by atoms with Crippen LogP contribution >= 0.6 is 0 Å². The highest BCUT2D eigenvalue weighted by molar-refractivity contribution is 5.88. The number of hydrogen-bond donors (Lipinski definition) is 0. The number of aromatic nitrogens is 1. The first kappa shape index (κ1) is 11.6. The lowest BCUT2D eigenvalue weighted by Crippen LogP contribution is -2.38. The second-order valence-electron chi connectivity index (χ2n) is 7.76. The molecule has 1 fully saturated rings. The predicted octanol–water partition coefficient (Wildman–Crippen LogP) is 4.67. The van der Waals surface area contributed by atoms with E-state index in [1.54, 1.807) is 5.56 Å². The first-order valence-electron chi connectivity index (χ1n) is 7.60. The third-order valence-electron chi connectivity index (χ3n) is 5.28. The van der Waals surface area contributed by atoms with Crippen molar-refractivity contribution in [1.82, 2.24) is 4.57 Å². The van der Waals surface area contributed by atoms with Crippen molar-refractivity contribution in [2.45, 2.75) is 58.4 Å². The van der Waals surface area contributed by atoms with E-state index < -0.39 is 0 Å². The maximum absolute atomic E-state index is 2.56. The molecule has 1 aromatic carbocycles. The molecule has 0 unspecified atom stereocenters. The molecule has 1 aliphatic heterocycles. The van der Waals surface area contributed by atoms with Crippen molar-refractivity contribution in [3.63, 3.8) is 0 Å². The van der Waals surface area contributed by atoms with Crippen LogP contribution in [0.5, 0.6) is 0 Å². The minimum atomic E-state index is 0.235. The molecule has 1 nitrogen and oxygen atoms in total. The molecule has 2 aromatic rings. The van der Waals surface area contributed by atoms with E-state index in [2.05, 4.69) is 49.7 Å². The first-order valence-corrected chi connectivity index (χ1v) is 7.60. The fourth-order valence-electron chi connectivity index (χ4n) is 4.14. The fraction of sp³-hybridized carbons (Fsp3) is 0.556. The molecule has 0 saturated heterocycles. The van der Waals surface area contributed by atoms with Gasteiger partial charge in [-0.15, -0.1) is 0 Å². The van der Waals surface area contributed by atoms with Gasteiger partial charge in [0.1, 0.15) is 0 Å². The van der Waals surface area contributed by atoms with Gasteiger partial charge in [-0.05, 0) is 41.2 Å². The number of para-hydroxylation sites is 1. The van der Waals surface area contributed by atoms with Gasteiger partial charge < -0.3 is 4.57 Å². The Bertz CT molecular complexity index is 650. The average molecular weight is 253 g/mol. The number of hydrogen-bond acceptors (Lipinski definition) is 0. The maximum Gasteiger partial charge on any atom is 0.0516 e. The lowest BCUT2D eigenvalue weighted by atomic mass is 9.64. The van der Waals surface area contributed by atoms with Crippen molar-refractivity contribution < 1.29 is 0 Å². The second kappa shape index (κ2) is 3.45. The van der Waals surface area contributed by atoms with Crippen molar-refractivity contribution in [3.8, 4) is 0 Å². The average Bonchev–Trinajstić information content (AvgIpc) is 2.68. The van der Waals surface area contributed by atoms with E-state index in [0.29, 0.717) is 5.41 Å². The van der Waals surface area contributed by atoms with Crippen LogP contribution in [0.15, 0.2) is 24.4 Å². The lowest BCUT2D eigenvalue weighted by Gasteiger charge is -2.45. The van der Waals surface area contributed by atoms with Crippen molar-refractivity contribution in [3.05, 3.63) is 35.5 Å². The summed E-state index contributed by atoms with van der Waals surface area (Å²) >= 11 is 0. The molecule has 1 aliphatic carbocycles. The molecule has 0 atom stereocenters. The van der Waals surface area contributed by atoms with Crippen LogP contribution in [-0.4, -0.2) is 4.57 Å². The van der Waals surface area contributed by atoms with Crippen LogP contribution in [0.2, 0.25) is 0 Å². The molecule has 0 radical (unpaired) electrons. The Labute approximate surface area is 115 Å². The summed E-state index contributed by atoms with van der Waals surface area (Å²) in [5.74, 6) is 0. The topological polar surface area (TPSA) is 4.93 Å². The molecule has 2 aliphatic rings. The highest BCUT2D eigenvalue weighted by Gasteiger charge is 2.41. The van der Waals surface area contributed by atoms with Gasteiger partial charge in [-0.2, -0.15) is 0 Å². The van der Waals surface area contributed by atoms with Gasteiger partial charge in [0.25, 0.3) is 0 Å². The Morgan fingerprint density at radius 3 is 2.58 bits per heavy atom. The molecular weight excluding hydrogens is 230 g/mol. The van der Waals surface area contributed by atoms with E-state index in [1.807, 2.05) is 0 Å². The highest BCUT2D eigenvalue weighted by atomic mass is 15.0. The third kappa shape index (κ3) is 1.54. The minimum Gasteiger partial charge on any atom is -0.346 e. The summed E-state index contributed by atoms with van der Waals surface area (Å²) in [5.41, 5.74) is 5.44. The van der Waals surface area contributed by atoms with Gasteiger partial charge in [0.2, 0.25) is 0 Å². The van der Waals surface area contributed by atoms with E-state index in [-0.39, 0.29) is 5.41 Å². The molecule has 1 heteroatoms. The van der Waals surface area contributed by atoms with E-state index in [4.69, 9.17) is 0 Å². The zero-order chi connectivity index (χ0) is 13.3. The standard InChI is InChI=1S/C18H23N/c1-17(2,3)15-11-19-12-18(8-5-9-18)10-13-6-4-7-14(15)16(13)19/h4,6-7,11H,5,8-10,12H2,1-3H3. The van der Waals surface area contributed by atoms with Crippen molar-refractivity contribution in [2.24, 2.45) is 5.41 Å². The van der Waals surface area contributed by atoms with Crippen molar-refractivity contribution in [1.29, 1.82) is 0 Å². The fourth-order valence-corrected chi connectivity index (χ4v) is 4.14. The molecule has 1 saturated carbocycles. The van der Waals surface area contributed by atoms with Gasteiger partial charge in [-0.1, -0.05) is 45.4 Å². The number of nitrogens with zero attached hydrogens (tertiary/aromatic N) is 1. The second-order valence-corrected chi connectivity index (χ2v) is 7.76. The highest BCUT2D eigenvalue weighted by Crippen LogP contribution is 2.50. The molecule has 0 N–H and O–H groups in total. The lowest BCUT2D eigenvalue weighted by molar-refractivity contribution is 0.102. The van der Waals surface area contributed by atoms with E-state index in [1.165, 1.54) is 48.7 Å². The molecule has 0 amide bonds. The molecule has 1 aromatic heterocycles. The van der Waals surface area contributed by atoms with Crippen LogP contribution in [0.3, 0.4) is 0 Å². The minimum absolute atomic E-state index is 0.235. The van der Waals surface area contributed by atoms with Gasteiger partial charge in [0, 0.05) is 18.1 Å². The zero-order valence-corrected chi connectivity index (χ0v) is 12.3. The predicted molar refractivity (Wildman–Crippen MR) is 80.6 cm³/mol. The van der Waals surface area contributed by atoms with Gasteiger partial charge in [-0.25, -0.2) is 0 Å². The largest absolute Gasteiger partial charge is 0.346 e. The normalized spacial score (nSPS) is 20.8. The summed E-state index contributed by atoms with van der Waals surface area (Å²) < 4.78 is 2.56. The summed E-state index contributed by atoms with van der Waals surface area (Å²) in [6.45, 7) is 8.23. The number of rotatable bonds is 0. The number of benzene rings is 1. The van der Waals surface area contributed by atoms with Crippen LogP contribution < -0.4 is 0 Å². The quantitative estimate of drug-likeness (QED) is 0.643. The van der Waals surface area contributed by atoms with Crippen molar-refractivity contribution in [2.75, 3.05) is 0 Å².